The van der Waals surface area contributed by atoms with Gasteiger partial charge < -0.3 is 9.47 Å². The number of methoxy groups -OCH3 is 2. The highest BCUT2D eigenvalue weighted by atomic mass is 32.2. The summed E-state index contributed by atoms with van der Waals surface area (Å²) < 4.78 is 37.8. The van der Waals surface area contributed by atoms with Crippen molar-refractivity contribution in [1.82, 2.24) is 29.4 Å². The molecule has 0 aliphatic carbocycles. The standard InChI is InChI=1S/C22H18N6O5S/c1-32-19-6-5-13(34(3,30)31)9-18(19)28-17-10-16(14-12-25-27-8-4-7-23-21(14)27)24-11-15(17)20(26-28)22(29)33-2/h4-12H,1-3H3. The summed E-state index contributed by atoms with van der Waals surface area (Å²) in [6.45, 7) is 0. The van der Waals surface area contributed by atoms with Gasteiger partial charge >= 0.3 is 5.97 Å². The Balaban J connectivity index is 1.81. The second-order valence-electron chi connectivity index (χ2n) is 7.39. The quantitative estimate of drug-likeness (QED) is 0.349. The first-order valence-electron chi connectivity index (χ1n) is 9.96. The van der Waals surface area contributed by atoms with Gasteiger partial charge in [0, 0.05) is 24.8 Å². The average Bonchev–Trinajstić information content (AvgIpc) is 3.44. The van der Waals surface area contributed by atoms with Gasteiger partial charge in [0.05, 0.1) is 47.5 Å². The zero-order chi connectivity index (χ0) is 24.0. The highest BCUT2D eigenvalue weighted by Crippen LogP contribution is 2.32. The summed E-state index contributed by atoms with van der Waals surface area (Å²) in [4.78, 5) is 21.4. The van der Waals surface area contributed by atoms with Gasteiger partial charge in [-0.1, -0.05) is 0 Å². The van der Waals surface area contributed by atoms with Crippen molar-refractivity contribution in [3.63, 3.8) is 0 Å². The summed E-state index contributed by atoms with van der Waals surface area (Å²) in [6, 6.07) is 7.92. The molecular weight excluding hydrogens is 460 g/mol. The van der Waals surface area contributed by atoms with Crippen LogP contribution in [0.2, 0.25) is 0 Å². The van der Waals surface area contributed by atoms with Gasteiger partial charge in [0.2, 0.25) is 0 Å². The van der Waals surface area contributed by atoms with Crippen molar-refractivity contribution < 1.29 is 22.7 Å². The number of sulfone groups is 1. The minimum absolute atomic E-state index is 0.0290. The van der Waals surface area contributed by atoms with E-state index in [0.717, 1.165) is 6.26 Å². The van der Waals surface area contributed by atoms with Gasteiger partial charge in [-0.2, -0.15) is 10.2 Å². The lowest BCUT2D eigenvalue weighted by Crippen LogP contribution is -2.06. The van der Waals surface area contributed by atoms with Crippen molar-refractivity contribution in [2.45, 2.75) is 4.90 Å². The highest BCUT2D eigenvalue weighted by Gasteiger charge is 2.23. The number of benzene rings is 1. The third-order valence-corrected chi connectivity index (χ3v) is 6.42. The zero-order valence-electron chi connectivity index (χ0n) is 18.3. The molecule has 0 aliphatic rings. The fraction of sp³-hybridized carbons (Fsp3) is 0.136. The van der Waals surface area contributed by atoms with Crippen molar-refractivity contribution in [3.05, 3.63) is 60.8 Å². The van der Waals surface area contributed by atoms with Gasteiger partial charge in [-0.25, -0.2) is 27.4 Å². The third kappa shape index (κ3) is 3.44. The number of hydrogen-bond acceptors (Lipinski definition) is 9. The molecule has 4 aromatic heterocycles. The van der Waals surface area contributed by atoms with Gasteiger partial charge in [-0.3, -0.25) is 4.98 Å². The summed E-state index contributed by atoms with van der Waals surface area (Å²) in [5.41, 5.74) is 2.67. The van der Waals surface area contributed by atoms with Crippen LogP contribution in [0.1, 0.15) is 10.5 Å². The Labute approximate surface area is 193 Å². The monoisotopic (exact) mass is 478 g/mol. The molecule has 1 aromatic carbocycles. The van der Waals surface area contributed by atoms with Crippen molar-refractivity contribution in [1.29, 1.82) is 0 Å². The number of hydrogen-bond donors (Lipinski definition) is 0. The Bertz CT molecular complexity index is 1690. The van der Waals surface area contributed by atoms with E-state index >= 15 is 0 Å². The molecule has 172 valence electrons. The van der Waals surface area contributed by atoms with E-state index in [1.807, 2.05) is 0 Å². The van der Waals surface area contributed by atoms with E-state index in [-0.39, 0.29) is 10.6 Å². The van der Waals surface area contributed by atoms with E-state index < -0.39 is 15.8 Å². The second kappa shape index (κ2) is 7.92. The number of aromatic nitrogens is 6. The summed E-state index contributed by atoms with van der Waals surface area (Å²) in [5, 5.41) is 9.16. The number of carbonyl (C=O) groups is 1. The number of rotatable bonds is 5. The number of nitrogens with zero attached hydrogens (tertiary/aromatic N) is 6. The lowest BCUT2D eigenvalue weighted by atomic mass is 10.1. The lowest BCUT2D eigenvalue weighted by Gasteiger charge is -2.11. The molecule has 0 spiro atoms. The fourth-order valence-electron chi connectivity index (χ4n) is 3.66. The van der Waals surface area contributed by atoms with Crippen molar-refractivity contribution in [3.8, 4) is 22.7 Å². The van der Waals surface area contributed by atoms with Crippen LogP contribution in [0.25, 0.3) is 33.5 Å². The molecule has 5 rings (SSSR count). The first-order chi connectivity index (χ1) is 16.3. The Hall–Kier alpha value is -4.32. The molecule has 0 atom stereocenters. The number of ether oxygens (including phenoxy) is 2. The number of carbonyl (C=O) groups excluding carboxylic acids is 1. The summed E-state index contributed by atoms with van der Waals surface area (Å²) in [5.74, 6) is -0.293. The van der Waals surface area contributed by atoms with E-state index in [2.05, 4.69) is 20.2 Å². The number of pyridine rings is 1. The smallest absolute Gasteiger partial charge is 0.359 e. The normalized spacial score (nSPS) is 11.7. The first kappa shape index (κ1) is 21.5. The van der Waals surface area contributed by atoms with E-state index in [1.165, 1.54) is 43.3 Å². The van der Waals surface area contributed by atoms with Crippen molar-refractivity contribution in [2.75, 3.05) is 20.5 Å². The van der Waals surface area contributed by atoms with Gasteiger partial charge in [0.1, 0.15) is 11.4 Å². The molecule has 0 unspecified atom stereocenters. The molecule has 5 aromatic rings. The topological polar surface area (TPSA) is 131 Å². The van der Waals surface area contributed by atoms with Crippen LogP contribution in [-0.4, -0.2) is 64.2 Å². The van der Waals surface area contributed by atoms with E-state index in [1.54, 1.807) is 35.2 Å². The molecule has 4 heterocycles. The molecular formula is C22H18N6O5S. The molecule has 0 bridgehead atoms. The van der Waals surface area contributed by atoms with Gasteiger partial charge in [0.25, 0.3) is 0 Å². The highest BCUT2D eigenvalue weighted by molar-refractivity contribution is 7.90. The molecule has 0 N–H and O–H groups in total. The van der Waals surface area contributed by atoms with Crippen LogP contribution in [-0.2, 0) is 14.6 Å². The Morgan fingerprint density at radius 3 is 2.65 bits per heavy atom. The van der Waals surface area contributed by atoms with Crippen LogP contribution >= 0.6 is 0 Å². The van der Waals surface area contributed by atoms with Crippen LogP contribution in [0.15, 0.2) is 60.0 Å². The summed E-state index contributed by atoms with van der Waals surface area (Å²) in [7, 11) is -0.797. The van der Waals surface area contributed by atoms with Crippen molar-refractivity contribution in [2.24, 2.45) is 0 Å². The SMILES string of the molecule is COC(=O)c1nn(-c2cc(S(C)(=O)=O)ccc2OC)c2cc(-c3cnn4cccnc34)ncc12. The maximum atomic E-state index is 12.5. The molecule has 0 fully saturated rings. The van der Waals surface area contributed by atoms with E-state index in [0.29, 0.717) is 39.2 Å². The maximum absolute atomic E-state index is 12.5. The molecule has 11 nitrogen and oxygen atoms in total. The third-order valence-electron chi connectivity index (χ3n) is 5.31. The molecule has 0 saturated heterocycles. The molecule has 12 heteroatoms. The number of esters is 1. The fourth-order valence-corrected chi connectivity index (χ4v) is 4.30. The molecule has 0 saturated carbocycles. The summed E-state index contributed by atoms with van der Waals surface area (Å²) >= 11 is 0. The predicted molar refractivity (Wildman–Crippen MR) is 122 cm³/mol. The van der Waals surface area contributed by atoms with Crippen LogP contribution in [0.5, 0.6) is 5.75 Å². The molecule has 0 radical (unpaired) electrons. The Kier molecular flexibility index (Phi) is 5.01. The lowest BCUT2D eigenvalue weighted by molar-refractivity contribution is 0.0595. The zero-order valence-corrected chi connectivity index (χ0v) is 19.1. The van der Waals surface area contributed by atoms with Gasteiger partial charge in [-0.05, 0) is 30.3 Å². The maximum Gasteiger partial charge on any atom is 0.359 e. The first-order valence-corrected chi connectivity index (χ1v) is 11.8. The van der Waals surface area contributed by atoms with Gasteiger partial charge in [0.15, 0.2) is 21.2 Å². The molecule has 0 amide bonds. The summed E-state index contributed by atoms with van der Waals surface area (Å²) in [6.07, 6.45) is 7.69. The predicted octanol–water partition coefficient (Wildman–Crippen LogP) is 2.33. The number of fused-ring (bicyclic) bond motifs is 2. The Morgan fingerprint density at radius 2 is 1.91 bits per heavy atom. The Morgan fingerprint density at radius 1 is 1.09 bits per heavy atom. The van der Waals surface area contributed by atoms with E-state index in [9.17, 15) is 13.2 Å². The van der Waals surface area contributed by atoms with Crippen molar-refractivity contribution >= 4 is 32.4 Å². The van der Waals surface area contributed by atoms with E-state index in [4.69, 9.17) is 9.47 Å². The average molecular weight is 478 g/mol. The second-order valence-corrected chi connectivity index (χ2v) is 9.41. The van der Waals surface area contributed by atoms with Gasteiger partial charge in [-0.15, -0.1) is 0 Å². The van der Waals surface area contributed by atoms with Crippen LogP contribution < -0.4 is 4.74 Å². The van der Waals surface area contributed by atoms with Crippen LogP contribution in [0.3, 0.4) is 0 Å². The molecule has 34 heavy (non-hydrogen) atoms. The molecule has 0 aliphatic heterocycles. The van der Waals surface area contributed by atoms with Crippen LogP contribution in [0, 0.1) is 0 Å². The largest absolute Gasteiger partial charge is 0.494 e. The minimum atomic E-state index is -3.51. The minimum Gasteiger partial charge on any atom is -0.494 e. The van der Waals surface area contributed by atoms with Crippen LogP contribution in [0.4, 0.5) is 0 Å².